The molecule has 0 bridgehead atoms. The molecule has 106 valence electrons. The molecular formula is C17H27NO. The lowest BCUT2D eigenvalue weighted by atomic mass is 9.76. The molecule has 0 aliphatic heterocycles. The fourth-order valence-electron chi connectivity index (χ4n) is 2.86. The highest BCUT2D eigenvalue weighted by atomic mass is 16.5. The van der Waals surface area contributed by atoms with Crippen LogP contribution in [0.2, 0.25) is 0 Å². The third-order valence-electron chi connectivity index (χ3n) is 4.23. The second-order valence-corrected chi connectivity index (χ2v) is 6.69. The van der Waals surface area contributed by atoms with Gasteiger partial charge in [-0.25, -0.2) is 0 Å². The number of ether oxygens (including phenoxy) is 1. The smallest absolute Gasteiger partial charge is 0.0976 e. The minimum atomic E-state index is 0.0208. The molecule has 1 aromatic rings. The van der Waals surface area contributed by atoms with Crippen LogP contribution in [0.5, 0.6) is 0 Å². The van der Waals surface area contributed by atoms with Crippen LogP contribution in [0.3, 0.4) is 0 Å². The molecule has 0 heterocycles. The van der Waals surface area contributed by atoms with Crippen LogP contribution in [0.15, 0.2) is 30.3 Å². The van der Waals surface area contributed by atoms with E-state index in [1.165, 1.54) is 18.4 Å². The topological polar surface area (TPSA) is 35.2 Å². The van der Waals surface area contributed by atoms with Crippen molar-refractivity contribution in [2.24, 2.45) is 11.1 Å². The summed E-state index contributed by atoms with van der Waals surface area (Å²) >= 11 is 0. The molecule has 1 saturated carbocycles. The zero-order valence-corrected chi connectivity index (χ0v) is 12.4. The molecule has 0 amide bonds. The Morgan fingerprint density at radius 3 is 2.26 bits per heavy atom. The summed E-state index contributed by atoms with van der Waals surface area (Å²) in [6.45, 7) is 6.73. The minimum absolute atomic E-state index is 0.0208. The van der Waals surface area contributed by atoms with Crippen molar-refractivity contribution in [2.45, 2.75) is 64.7 Å². The first-order valence-electron chi connectivity index (χ1n) is 7.44. The molecule has 2 N–H and O–H groups in total. The summed E-state index contributed by atoms with van der Waals surface area (Å²) in [5.74, 6) is 0. The molecule has 2 unspecified atom stereocenters. The lowest BCUT2D eigenvalue weighted by Crippen LogP contribution is -2.33. The molecule has 2 nitrogen and oxygen atoms in total. The highest BCUT2D eigenvalue weighted by molar-refractivity contribution is 5.19. The van der Waals surface area contributed by atoms with E-state index in [9.17, 15) is 0 Å². The van der Waals surface area contributed by atoms with Crippen molar-refractivity contribution in [2.75, 3.05) is 0 Å². The quantitative estimate of drug-likeness (QED) is 0.887. The van der Waals surface area contributed by atoms with Crippen molar-refractivity contribution < 1.29 is 4.74 Å². The molecule has 0 aromatic heterocycles. The molecule has 2 heteroatoms. The first-order chi connectivity index (χ1) is 8.98. The molecule has 0 spiro atoms. The molecule has 0 radical (unpaired) electrons. The third-order valence-corrected chi connectivity index (χ3v) is 4.23. The Hall–Kier alpha value is -0.860. The van der Waals surface area contributed by atoms with Gasteiger partial charge in [0.1, 0.15) is 0 Å². The molecule has 2 rings (SSSR count). The van der Waals surface area contributed by atoms with Gasteiger partial charge in [-0.15, -0.1) is 0 Å². The number of hydrogen-bond acceptors (Lipinski definition) is 2. The van der Waals surface area contributed by atoms with Crippen molar-refractivity contribution in [1.82, 2.24) is 0 Å². The van der Waals surface area contributed by atoms with Crippen LogP contribution in [-0.4, -0.2) is 12.1 Å². The van der Waals surface area contributed by atoms with Gasteiger partial charge in [-0.1, -0.05) is 44.2 Å². The van der Waals surface area contributed by atoms with E-state index < -0.39 is 0 Å². The molecule has 19 heavy (non-hydrogen) atoms. The van der Waals surface area contributed by atoms with Crippen molar-refractivity contribution in [1.29, 1.82) is 0 Å². The van der Waals surface area contributed by atoms with Gasteiger partial charge in [-0.3, -0.25) is 0 Å². The van der Waals surface area contributed by atoms with E-state index in [1.807, 2.05) is 13.0 Å². The van der Waals surface area contributed by atoms with Gasteiger partial charge >= 0.3 is 0 Å². The summed E-state index contributed by atoms with van der Waals surface area (Å²) in [6, 6.07) is 10.4. The lowest BCUT2D eigenvalue weighted by Gasteiger charge is -2.36. The van der Waals surface area contributed by atoms with E-state index in [2.05, 4.69) is 38.1 Å². The van der Waals surface area contributed by atoms with Gasteiger partial charge in [0.25, 0.3) is 0 Å². The largest absolute Gasteiger partial charge is 0.369 e. The maximum absolute atomic E-state index is 6.31. The minimum Gasteiger partial charge on any atom is -0.369 e. The van der Waals surface area contributed by atoms with E-state index in [4.69, 9.17) is 10.5 Å². The standard InChI is InChI=1S/C17H27NO/c1-13(18)16(14-7-5-4-6-8-14)19-15-9-11-17(2,3)12-10-15/h4-8,13,15-16H,9-12,18H2,1-3H3. The maximum Gasteiger partial charge on any atom is 0.0976 e. The predicted octanol–water partition coefficient (Wildman–Crippen LogP) is 4.06. The summed E-state index contributed by atoms with van der Waals surface area (Å²) in [5, 5.41) is 0. The summed E-state index contributed by atoms with van der Waals surface area (Å²) < 4.78 is 6.31. The lowest BCUT2D eigenvalue weighted by molar-refractivity contribution is -0.0548. The van der Waals surface area contributed by atoms with E-state index in [1.54, 1.807) is 0 Å². The Bertz CT molecular complexity index is 376. The Morgan fingerprint density at radius 1 is 1.16 bits per heavy atom. The van der Waals surface area contributed by atoms with Gasteiger partial charge in [0, 0.05) is 6.04 Å². The number of benzene rings is 1. The molecule has 1 aliphatic carbocycles. The van der Waals surface area contributed by atoms with Crippen molar-refractivity contribution in [3.63, 3.8) is 0 Å². The fraction of sp³-hybridized carbons (Fsp3) is 0.647. The van der Waals surface area contributed by atoms with Crippen molar-refractivity contribution in [3.05, 3.63) is 35.9 Å². The van der Waals surface area contributed by atoms with Crippen LogP contribution in [0.25, 0.3) is 0 Å². The van der Waals surface area contributed by atoms with Gasteiger partial charge in [-0.05, 0) is 43.6 Å². The molecule has 1 aliphatic rings. The average Bonchev–Trinajstić information content (AvgIpc) is 2.38. The fourth-order valence-corrected chi connectivity index (χ4v) is 2.86. The summed E-state index contributed by atoms with van der Waals surface area (Å²) in [7, 11) is 0. The van der Waals surface area contributed by atoms with E-state index in [0.29, 0.717) is 11.5 Å². The second-order valence-electron chi connectivity index (χ2n) is 6.69. The highest BCUT2D eigenvalue weighted by Crippen LogP contribution is 2.38. The van der Waals surface area contributed by atoms with Crippen molar-refractivity contribution >= 4 is 0 Å². The van der Waals surface area contributed by atoms with Crippen molar-refractivity contribution in [3.8, 4) is 0 Å². The van der Waals surface area contributed by atoms with E-state index in [0.717, 1.165) is 12.8 Å². The second kappa shape index (κ2) is 6.06. The highest BCUT2D eigenvalue weighted by Gasteiger charge is 2.30. The Kier molecular flexibility index (Phi) is 4.64. The van der Waals surface area contributed by atoms with Crippen LogP contribution in [0.1, 0.15) is 58.1 Å². The molecular weight excluding hydrogens is 234 g/mol. The number of rotatable bonds is 4. The average molecular weight is 261 g/mol. The van der Waals surface area contributed by atoms with Crippen LogP contribution in [-0.2, 0) is 4.74 Å². The maximum atomic E-state index is 6.31. The predicted molar refractivity (Wildman–Crippen MR) is 80.0 cm³/mol. The van der Waals surface area contributed by atoms with Crippen LogP contribution < -0.4 is 5.73 Å². The number of nitrogens with two attached hydrogens (primary N) is 1. The van der Waals surface area contributed by atoms with Crippen LogP contribution in [0, 0.1) is 5.41 Å². The first kappa shape index (κ1) is 14.5. The molecule has 2 atom stereocenters. The van der Waals surface area contributed by atoms with E-state index in [-0.39, 0.29) is 12.1 Å². The molecule has 1 fully saturated rings. The first-order valence-corrected chi connectivity index (χ1v) is 7.44. The zero-order chi connectivity index (χ0) is 13.9. The SMILES string of the molecule is CC(N)C(OC1CCC(C)(C)CC1)c1ccccc1. The van der Waals surface area contributed by atoms with Gasteiger partial charge in [0.2, 0.25) is 0 Å². The number of hydrogen-bond donors (Lipinski definition) is 1. The summed E-state index contributed by atoms with van der Waals surface area (Å²) in [6.07, 6.45) is 5.19. The van der Waals surface area contributed by atoms with Gasteiger partial charge in [-0.2, -0.15) is 0 Å². The summed E-state index contributed by atoms with van der Waals surface area (Å²) in [5.41, 5.74) is 7.79. The Morgan fingerprint density at radius 2 is 1.74 bits per heavy atom. The Balaban J connectivity index is 1.99. The van der Waals surface area contributed by atoms with Gasteiger partial charge in [0.05, 0.1) is 12.2 Å². The Labute approximate surface area is 117 Å². The molecule has 0 saturated heterocycles. The van der Waals surface area contributed by atoms with Crippen LogP contribution >= 0.6 is 0 Å². The van der Waals surface area contributed by atoms with Crippen LogP contribution in [0.4, 0.5) is 0 Å². The monoisotopic (exact) mass is 261 g/mol. The van der Waals surface area contributed by atoms with Gasteiger partial charge in [0.15, 0.2) is 0 Å². The third kappa shape index (κ3) is 4.05. The summed E-state index contributed by atoms with van der Waals surface area (Å²) in [4.78, 5) is 0. The zero-order valence-electron chi connectivity index (χ0n) is 12.4. The van der Waals surface area contributed by atoms with Gasteiger partial charge < -0.3 is 10.5 Å². The molecule has 1 aromatic carbocycles. The normalized spacial score (nSPS) is 22.9. The van der Waals surface area contributed by atoms with E-state index >= 15 is 0 Å².